The SMILES string of the molecule is CCCCOC(=O)NN1C[C@@H]2C(CCN3CCN(c4ccc(NC5CCC(=O)NC5=O)cc4)CC3)[C@@H]2C1. The van der Waals surface area contributed by atoms with Gasteiger partial charge in [0.15, 0.2) is 0 Å². The fourth-order valence-electron chi connectivity index (χ4n) is 6.00. The maximum atomic E-state index is 12.0. The van der Waals surface area contributed by atoms with Gasteiger partial charge >= 0.3 is 6.09 Å². The maximum Gasteiger partial charge on any atom is 0.421 e. The number of ether oxygens (including phenoxy) is 1. The smallest absolute Gasteiger partial charge is 0.421 e. The molecule has 3 aliphatic heterocycles. The highest BCUT2D eigenvalue weighted by Crippen LogP contribution is 2.53. The number of hydrogen-bond donors (Lipinski definition) is 3. The molecule has 0 bridgehead atoms. The number of piperazine rings is 1. The molecule has 4 aliphatic rings. The van der Waals surface area contributed by atoms with Gasteiger partial charge in [-0.2, -0.15) is 0 Å². The molecule has 2 unspecified atom stereocenters. The Kier molecular flexibility index (Phi) is 8.14. The summed E-state index contributed by atoms with van der Waals surface area (Å²) in [6.45, 7) is 9.76. The second kappa shape index (κ2) is 11.7. The number of hydrogen-bond acceptors (Lipinski definition) is 8. The molecule has 4 atom stereocenters. The average Bonchev–Trinajstić information content (AvgIpc) is 3.35. The van der Waals surface area contributed by atoms with Crippen LogP contribution in [0.4, 0.5) is 16.2 Å². The van der Waals surface area contributed by atoms with E-state index in [1.807, 2.05) is 17.1 Å². The van der Waals surface area contributed by atoms with Crippen molar-refractivity contribution in [2.75, 3.05) is 62.6 Å². The van der Waals surface area contributed by atoms with E-state index in [1.165, 1.54) is 12.1 Å². The molecule has 0 aromatic heterocycles. The van der Waals surface area contributed by atoms with Gasteiger partial charge in [0.25, 0.3) is 0 Å². The van der Waals surface area contributed by atoms with Crippen LogP contribution in [0, 0.1) is 17.8 Å². The highest BCUT2D eigenvalue weighted by Gasteiger charge is 2.55. The molecule has 37 heavy (non-hydrogen) atoms. The molecular formula is C27H40N6O4. The molecule has 1 aliphatic carbocycles. The number of amides is 3. The fourth-order valence-corrected chi connectivity index (χ4v) is 6.00. The predicted molar refractivity (Wildman–Crippen MR) is 141 cm³/mol. The van der Waals surface area contributed by atoms with Gasteiger partial charge in [-0.25, -0.2) is 9.80 Å². The molecule has 3 N–H and O–H groups in total. The quantitative estimate of drug-likeness (QED) is 0.323. The van der Waals surface area contributed by atoms with E-state index in [2.05, 4.69) is 44.9 Å². The second-order valence-electron chi connectivity index (χ2n) is 10.8. The first kappa shape index (κ1) is 25.8. The Labute approximate surface area is 219 Å². The monoisotopic (exact) mass is 512 g/mol. The molecule has 4 fully saturated rings. The van der Waals surface area contributed by atoms with Crippen molar-refractivity contribution in [3.8, 4) is 0 Å². The van der Waals surface area contributed by atoms with Crippen molar-refractivity contribution < 1.29 is 19.1 Å². The van der Waals surface area contributed by atoms with E-state index in [0.29, 0.717) is 31.3 Å². The van der Waals surface area contributed by atoms with Gasteiger partial charge in [0.05, 0.1) is 6.61 Å². The van der Waals surface area contributed by atoms with Gasteiger partial charge < -0.3 is 15.0 Å². The van der Waals surface area contributed by atoms with E-state index < -0.39 is 0 Å². The molecule has 10 heteroatoms. The van der Waals surface area contributed by atoms with Crippen molar-refractivity contribution in [3.63, 3.8) is 0 Å². The first-order valence-corrected chi connectivity index (χ1v) is 13.9. The number of imide groups is 1. The Morgan fingerprint density at radius 3 is 2.49 bits per heavy atom. The van der Waals surface area contributed by atoms with Crippen molar-refractivity contribution in [1.29, 1.82) is 0 Å². The Morgan fingerprint density at radius 1 is 1.08 bits per heavy atom. The van der Waals surface area contributed by atoms with Crippen LogP contribution in [0.1, 0.15) is 39.0 Å². The van der Waals surface area contributed by atoms with Crippen molar-refractivity contribution in [1.82, 2.24) is 20.7 Å². The number of unbranched alkanes of at least 4 members (excludes halogenated alkanes) is 1. The third-order valence-electron chi connectivity index (χ3n) is 8.32. The molecule has 3 amide bonds. The predicted octanol–water partition coefficient (Wildman–Crippen LogP) is 2.03. The van der Waals surface area contributed by atoms with Crippen LogP contribution in [0.5, 0.6) is 0 Å². The molecule has 1 aromatic carbocycles. The molecule has 3 saturated heterocycles. The summed E-state index contributed by atoms with van der Waals surface area (Å²) in [4.78, 5) is 40.1. The molecule has 1 saturated carbocycles. The third-order valence-corrected chi connectivity index (χ3v) is 8.32. The van der Waals surface area contributed by atoms with Crippen LogP contribution in [0.3, 0.4) is 0 Å². The summed E-state index contributed by atoms with van der Waals surface area (Å²) in [5.41, 5.74) is 4.99. The summed E-state index contributed by atoms with van der Waals surface area (Å²) in [6.07, 6.45) is 3.76. The summed E-state index contributed by atoms with van der Waals surface area (Å²) in [6, 6.07) is 7.88. The van der Waals surface area contributed by atoms with Gasteiger partial charge in [-0.3, -0.25) is 25.2 Å². The summed E-state index contributed by atoms with van der Waals surface area (Å²) >= 11 is 0. The molecule has 0 spiro atoms. The van der Waals surface area contributed by atoms with Crippen molar-refractivity contribution in [2.45, 2.75) is 45.1 Å². The lowest BCUT2D eigenvalue weighted by Gasteiger charge is -2.36. The van der Waals surface area contributed by atoms with Gasteiger partial charge in [-0.05, 0) is 67.8 Å². The maximum absolute atomic E-state index is 12.0. The largest absolute Gasteiger partial charge is 0.449 e. The topological polar surface area (TPSA) is 106 Å². The number of carbonyl (C=O) groups is 3. The minimum atomic E-state index is -0.357. The van der Waals surface area contributed by atoms with E-state index in [1.54, 1.807) is 0 Å². The minimum absolute atomic E-state index is 0.196. The summed E-state index contributed by atoms with van der Waals surface area (Å²) < 4.78 is 5.20. The number of rotatable bonds is 10. The van der Waals surface area contributed by atoms with Crippen molar-refractivity contribution in [3.05, 3.63) is 24.3 Å². The molecule has 1 aromatic rings. The van der Waals surface area contributed by atoms with Gasteiger partial charge in [-0.1, -0.05) is 13.3 Å². The minimum Gasteiger partial charge on any atom is -0.449 e. The number of nitrogens with zero attached hydrogens (tertiary/aromatic N) is 3. The number of benzene rings is 1. The van der Waals surface area contributed by atoms with Crippen LogP contribution in [-0.2, 0) is 14.3 Å². The lowest BCUT2D eigenvalue weighted by Crippen LogP contribution is -2.47. The summed E-state index contributed by atoms with van der Waals surface area (Å²) in [5.74, 6) is 1.77. The highest BCUT2D eigenvalue weighted by atomic mass is 16.6. The molecule has 202 valence electrons. The zero-order valence-electron chi connectivity index (χ0n) is 21.8. The number of piperidine rings is 2. The normalized spacial score (nSPS) is 28.0. The van der Waals surface area contributed by atoms with Crippen LogP contribution in [-0.4, -0.2) is 86.3 Å². The van der Waals surface area contributed by atoms with E-state index in [-0.39, 0.29) is 23.9 Å². The summed E-state index contributed by atoms with van der Waals surface area (Å²) in [5, 5.41) is 7.66. The Balaban J connectivity index is 0.972. The van der Waals surface area contributed by atoms with Crippen molar-refractivity contribution >= 4 is 29.3 Å². The standard InChI is InChI=1S/C27H40N6O4/c1-2-3-16-37-27(36)30-33-17-22-21(23(22)18-33)10-11-31-12-14-32(15-13-31)20-6-4-19(5-7-20)28-24-8-9-25(34)29-26(24)35/h4-7,21-24,28H,2-3,8-18H2,1H3,(H,30,36)(H,29,34,35)/t21?,22-,23+,24?. The molecule has 0 radical (unpaired) electrons. The van der Waals surface area contributed by atoms with Crippen molar-refractivity contribution in [2.24, 2.45) is 17.8 Å². The zero-order valence-corrected chi connectivity index (χ0v) is 21.8. The Hall–Kier alpha value is -2.85. The molecule has 5 rings (SSSR count). The van der Waals surface area contributed by atoms with Gasteiger partial charge in [-0.15, -0.1) is 0 Å². The van der Waals surface area contributed by atoms with Crippen LogP contribution in [0.25, 0.3) is 0 Å². The molecule has 10 nitrogen and oxygen atoms in total. The molecule has 3 heterocycles. The average molecular weight is 513 g/mol. The highest BCUT2D eigenvalue weighted by molar-refractivity contribution is 6.01. The first-order valence-electron chi connectivity index (χ1n) is 13.9. The van der Waals surface area contributed by atoms with E-state index >= 15 is 0 Å². The number of carbonyl (C=O) groups excluding carboxylic acids is 3. The fraction of sp³-hybridized carbons (Fsp3) is 0.667. The Morgan fingerprint density at radius 2 is 1.81 bits per heavy atom. The van der Waals surface area contributed by atoms with Gasteiger partial charge in [0.1, 0.15) is 6.04 Å². The lowest BCUT2D eigenvalue weighted by atomic mass is 10.1. The second-order valence-corrected chi connectivity index (χ2v) is 10.8. The Bertz CT molecular complexity index is 952. The van der Waals surface area contributed by atoms with E-state index in [4.69, 9.17) is 4.74 Å². The number of nitrogens with one attached hydrogen (secondary N) is 3. The van der Waals surface area contributed by atoms with Crippen LogP contribution in [0.15, 0.2) is 24.3 Å². The van der Waals surface area contributed by atoms with Crippen LogP contribution >= 0.6 is 0 Å². The number of anilines is 2. The van der Waals surface area contributed by atoms with E-state index in [0.717, 1.165) is 70.3 Å². The lowest BCUT2D eigenvalue weighted by molar-refractivity contribution is -0.133. The number of hydrazine groups is 1. The number of fused-ring (bicyclic) bond motifs is 1. The third kappa shape index (κ3) is 6.54. The van der Waals surface area contributed by atoms with E-state index in [9.17, 15) is 14.4 Å². The van der Waals surface area contributed by atoms with Gasteiger partial charge in [0, 0.05) is 57.1 Å². The van der Waals surface area contributed by atoms with Gasteiger partial charge in [0.2, 0.25) is 11.8 Å². The molecular weight excluding hydrogens is 472 g/mol. The first-order chi connectivity index (χ1) is 18.0. The van der Waals surface area contributed by atoms with Crippen LogP contribution < -0.4 is 21.0 Å². The summed E-state index contributed by atoms with van der Waals surface area (Å²) in [7, 11) is 0. The van der Waals surface area contributed by atoms with Crippen LogP contribution in [0.2, 0.25) is 0 Å². The zero-order chi connectivity index (χ0) is 25.8.